The van der Waals surface area contributed by atoms with Gasteiger partial charge in [-0.1, -0.05) is 0 Å². The van der Waals surface area contributed by atoms with Crippen molar-refractivity contribution >= 4 is 6.03 Å². The fourth-order valence-electron chi connectivity index (χ4n) is 2.94. The third-order valence-electron chi connectivity index (χ3n) is 4.25. The zero-order chi connectivity index (χ0) is 17.7. The van der Waals surface area contributed by atoms with Gasteiger partial charge in [0.25, 0.3) is 0 Å². The van der Waals surface area contributed by atoms with Gasteiger partial charge in [-0.3, -0.25) is 0 Å². The minimum Gasteiger partial charge on any atom is -0.491 e. The molecule has 5 nitrogen and oxygen atoms in total. The quantitative estimate of drug-likeness (QED) is 0.865. The fourth-order valence-corrected chi connectivity index (χ4v) is 2.94. The second-order valence-corrected chi connectivity index (χ2v) is 6.26. The van der Waals surface area contributed by atoms with Crippen LogP contribution in [0, 0.1) is 11.6 Å². The number of aliphatic hydroxyl groups excluding tert-OH is 1. The van der Waals surface area contributed by atoms with Gasteiger partial charge in [0, 0.05) is 24.7 Å². The number of benzene rings is 1. The molecule has 0 aromatic heterocycles. The van der Waals surface area contributed by atoms with Gasteiger partial charge in [0.1, 0.15) is 18.5 Å². The molecule has 7 heteroatoms. The summed E-state index contributed by atoms with van der Waals surface area (Å²) >= 11 is 0. The van der Waals surface area contributed by atoms with Crippen LogP contribution in [0.15, 0.2) is 18.2 Å². The molecule has 24 heavy (non-hydrogen) atoms. The maximum atomic E-state index is 13.1. The van der Waals surface area contributed by atoms with Crippen LogP contribution in [0.25, 0.3) is 0 Å². The number of ether oxygens (including phenoxy) is 1. The van der Waals surface area contributed by atoms with Crippen molar-refractivity contribution in [2.45, 2.75) is 51.3 Å². The van der Waals surface area contributed by atoms with Crippen LogP contribution in [0.1, 0.15) is 33.1 Å². The number of amides is 2. The number of nitrogens with one attached hydrogen (secondary N) is 1. The van der Waals surface area contributed by atoms with E-state index in [1.807, 2.05) is 13.8 Å². The van der Waals surface area contributed by atoms with Crippen molar-refractivity contribution in [2.24, 2.45) is 0 Å². The standard InChI is InChI=1S/C17H24F2N2O3/c1-11-4-3-5-12(2)21(11)17(23)20-9-13(22)10-24-14-6-7-15(18)16(19)8-14/h6-8,11-13,22H,3-5,9-10H2,1-2H3,(H,20,23). The molecule has 2 N–H and O–H groups in total. The Labute approximate surface area is 140 Å². The van der Waals surface area contributed by atoms with Gasteiger partial charge in [-0.15, -0.1) is 0 Å². The molecule has 1 saturated heterocycles. The van der Waals surface area contributed by atoms with Crippen molar-refractivity contribution in [1.82, 2.24) is 10.2 Å². The highest BCUT2D eigenvalue weighted by Gasteiger charge is 2.28. The fraction of sp³-hybridized carbons (Fsp3) is 0.588. The molecule has 0 radical (unpaired) electrons. The van der Waals surface area contributed by atoms with E-state index in [9.17, 15) is 18.7 Å². The van der Waals surface area contributed by atoms with Crippen LogP contribution in [-0.2, 0) is 0 Å². The largest absolute Gasteiger partial charge is 0.491 e. The van der Waals surface area contributed by atoms with E-state index in [2.05, 4.69) is 5.32 Å². The van der Waals surface area contributed by atoms with Gasteiger partial charge >= 0.3 is 6.03 Å². The molecule has 0 spiro atoms. The van der Waals surface area contributed by atoms with E-state index in [1.54, 1.807) is 4.90 Å². The van der Waals surface area contributed by atoms with E-state index < -0.39 is 17.7 Å². The van der Waals surface area contributed by atoms with Gasteiger partial charge in [0.05, 0.1) is 0 Å². The minimum absolute atomic E-state index is 0.0262. The average molecular weight is 342 g/mol. The maximum absolute atomic E-state index is 13.1. The van der Waals surface area contributed by atoms with Crippen LogP contribution in [-0.4, -0.2) is 47.4 Å². The number of piperidine rings is 1. The zero-order valence-electron chi connectivity index (χ0n) is 14.0. The molecule has 3 atom stereocenters. The summed E-state index contributed by atoms with van der Waals surface area (Å²) in [6.07, 6.45) is 2.10. The molecular formula is C17H24F2N2O3. The molecule has 1 aromatic rings. The lowest BCUT2D eigenvalue weighted by Gasteiger charge is -2.39. The van der Waals surface area contributed by atoms with Crippen molar-refractivity contribution in [3.63, 3.8) is 0 Å². The zero-order valence-corrected chi connectivity index (χ0v) is 14.0. The molecule has 134 valence electrons. The lowest BCUT2D eigenvalue weighted by molar-refractivity contribution is 0.0948. The minimum atomic E-state index is -1.01. The molecule has 1 heterocycles. The summed E-state index contributed by atoms with van der Waals surface area (Å²) in [5, 5.41) is 12.6. The first-order valence-electron chi connectivity index (χ1n) is 8.20. The SMILES string of the molecule is CC1CCCC(C)N1C(=O)NCC(O)COc1ccc(F)c(F)c1. The van der Waals surface area contributed by atoms with Crippen LogP contribution in [0.4, 0.5) is 13.6 Å². The highest BCUT2D eigenvalue weighted by atomic mass is 19.2. The molecule has 3 unspecified atom stereocenters. The van der Waals surface area contributed by atoms with E-state index in [0.717, 1.165) is 31.4 Å². The molecule has 1 aliphatic rings. The number of carbonyl (C=O) groups is 1. The summed E-state index contributed by atoms with van der Waals surface area (Å²) in [5.74, 6) is -1.85. The van der Waals surface area contributed by atoms with Crippen LogP contribution in [0.5, 0.6) is 5.75 Å². The number of aliphatic hydroxyl groups is 1. The maximum Gasteiger partial charge on any atom is 0.317 e. The summed E-state index contributed by atoms with van der Waals surface area (Å²) in [7, 11) is 0. The summed E-state index contributed by atoms with van der Waals surface area (Å²) < 4.78 is 31.1. The Hall–Kier alpha value is -1.89. The van der Waals surface area contributed by atoms with E-state index in [-0.39, 0.29) is 37.0 Å². The van der Waals surface area contributed by atoms with Crippen molar-refractivity contribution in [3.8, 4) is 5.75 Å². The molecule has 0 aliphatic carbocycles. The first-order valence-corrected chi connectivity index (χ1v) is 8.20. The Kier molecular flexibility index (Phi) is 6.36. The molecule has 1 fully saturated rings. The smallest absolute Gasteiger partial charge is 0.317 e. The van der Waals surface area contributed by atoms with Crippen LogP contribution >= 0.6 is 0 Å². The van der Waals surface area contributed by atoms with E-state index in [0.29, 0.717) is 0 Å². The summed E-state index contributed by atoms with van der Waals surface area (Å²) in [6, 6.07) is 3.28. The highest BCUT2D eigenvalue weighted by Crippen LogP contribution is 2.22. The predicted octanol–water partition coefficient (Wildman–Crippen LogP) is 2.68. The van der Waals surface area contributed by atoms with Gasteiger partial charge in [-0.2, -0.15) is 0 Å². The Morgan fingerprint density at radius 2 is 2.00 bits per heavy atom. The monoisotopic (exact) mass is 342 g/mol. The van der Waals surface area contributed by atoms with Gasteiger partial charge in [0.15, 0.2) is 11.6 Å². The number of urea groups is 1. The van der Waals surface area contributed by atoms with Crippen LogP contribution < -0.4 is 10.1 Å². The van der Waals surface area contributed by atoms with Crippen LogP contribution in [0.3, 0.4) is 0 Å². The Morgan fingerprint density at radius 1 is 1.33 bits per heavy atom. The van der Waals surface area contributed by atoms with Gasteiger partial charge < -0.3 is 20.1 Å². The molecule has 2 rings (SSSR count). The first-order chi connectivity index (χ1) is 11.4. The Bertz CT molecular complexity index is 561. The lowest BCUT2D eigenvalue weighted by Crippen LogP contribution is -2.53. The molecular weight excluding hydrogens is 318 g/mol. The van der Waals surface area contributed by atoms with Crippen molar-refractivity contribution in [2.75, 3.05) is 13.2 Å². The summed E-state index contributed by atoms with van der Waals surface area (Å²) in [5.41, 5.74) is 0. The highest BCUT2D eigenvalue weighted by molar-refractivity contribution is 5.75. The number of likely N-dealkylation sites (tertiary alicyclic amines) is 1. The number of hydrogen-bond donors (Lipinski definition) is 2. The van der Waals surface area contributed by atoms with Crippen molar-refractivity contribution < 1.29 is 23.4 Å². The summed E-state index contributed by atoms with van der Waals surface area (Å²) in [4.78, 5) is 14.0. The van der Waals surface area contributed by atoms with Gasteiger partial charge in [0.2, 0.25) is 0 Å². The predicted molar refractivity (Wildman–Crippen MR) is 85.9 cm³/mol. The van der Waals surface area contributed by atoms with Crippen molar-refractivity contribution in [1.29, 1.82) is 0 Å². The second kappa shape index (κ2) is 8.28. The third kappa shape index (κ3) is 4.80. The number of halogens is 2. The number of carbonyl (C=O) groups excluding carboxylic acids is 1. The summed E-state index contributed by atoms with van der Waals surface area (Å²) in [6.45, 7) is 3.92. The third-order valence-corrected chi connectivity index (χ3v) is 4.25. The van der Waals surface area contributed by atoms with Gasteiger partial charge in [-0.05, 0) is 45.2 Å². The topological polar surface area (TPSA) is 61.8 Å². The van der Waals surface area contributed by atoms with E-state index in [1.165, 1.54) is 6.07 Å². The second-order valence-electron chi connectivity index (χ2n) is 6.26. The number of nitrogens with zero attached hydrogens (tertiary/aromatic N) is 1. The average Bonchev–Trinajstić information content (AvgIpc) is 2.54. The number of hydrogen-bond acceptors (Lipinski definition) is 3. The molecule has 1 aliphatic heterocycles. The first kappa shape index (κ1) is 18.4. The number of rotatable bonds is 5. The molecule has 0 bridgehead atoms. The molecule has 1 aromatic carbocycles. The lowest BCUT2D eigenvalue weighted by atomic mass is 9.98. The normalized spacial score (nSPS) is 22.1. The molecule has 2 amide bonds. The Morgan fingerprint density at radius 3 is 2.62 bits per heavy atom. The van der Waals surface area contributed by atoms with Gasteiger partial charge in [-0.25, -0.2) is 13.6 Å². The van der Waals surface area contributed by atoms with E-state index >= 15 is 0 Å². The Balaban J connectivity index is 1.76. The van der Waals surface area contributed by atoms with Crippen LogP contribution in [0.2, 0.25) is 0 Å². The van der Waals surface area contributed by atoms with E-state index in [4.69, 9.17) is 4.74 Å². The van der Waals surface area contributed by atoms with Crippen molar-refractivity contribution in [3.05, 3.63) is 29.8 Å². The molecule has 0 saturated carbocycles.